The van der Waals surface area contributed by atoms with Gasteiger partial charge >= 0.3 is 0 Å². The third-order valence-corrected chi connectivity index (χ3v) is 4.78. The number of amides is 2. The van der Waals surface area contributed by atoms with E-state index in [4.69, 9.17) is 25.5 Å². The Morgan fingerprint density at radius 1 is 1.08 bits per heavy atom. The summed E-state index contributed by atoms with van der Waals surface area (Å²) in [6.07, 6.45) is 1.19. The molecule has 0 unspecified atom stereocenters. The van der Waals surface area contributed by atoms with Crippen LogP contribution in [0.5, 0.6) is 11.5 Å². The summed E-state index contributed by atoms with van der Waals surface area (Å²) in [5, 5.41) is 3.09. The highest BCUT2D eigenvalue weighted by atomic mass is 35.5. The van der Waals surface area contributed by atoms with E-state index < -0.39 is 0 Å². The van der Waals surface area contributed by atoms with Crippen LogP contribution in [0.15, 0.2) is 34.7 Å². The van der Waals surface area contributed by atoms with E-state index in [0.29, 0.717) is 43.1 Å². The molecule has 0 spiro atoms. The zero-order valence-corrected chi connectivity index (χ0v) is 14.6. The average Bonchev–Trinajstić information content (AvgIpc) is 3.29. The molecular weight excluding hydrogens is 360 g/mol. The van der Waals surface area contributed by atoms with Crippen molar-refractivity contribution < 1.29 is 23.5 Å². The van der Waals surface area contributed by atoms with E-state index in [1.165, 1.54) is 0 Å². The number of fused-ring (bicyclic) bond motifs is 1. The fourth-order valence-corrected chi connectivity index (χ4v) is 3.29. The summed E-state index contributed by atoms with van der Waals surface area (Å²) >= 11 is 5.71. The maximum atomic E-state index is 12.5. The number of rotatable bonds is 3. The number of halogens is 1. The van der Waals surface area contributed by atoms with Gasteiger partial charge in [0.15, 0.2) is 22.5 Å². The lowest BCUT2D eigenvalue weighted by Gasteiger charge is -2.30. The highest BCUT2D eigenvalue weighted by Crippen LogP contribution is 2.34. The van der Waals surface area contributed by atoms with E-state index >= 15 is 0 Å². The van der Waals surface area contributed by atoms with Crippen molar-refractivity contribution in [3.8, 4) is 11.5 Å². The van der Waals surface area contributed by atoms with Gasteiger partial charge in [-0.2, -0.15) is 0 Å². The molecule has 136 valence electrons. The van der Waals surface area contributed by atoms with Crippen molar-refractivity contribution in [2.45, 2.75) is 12.8 Å². The number of likely N-dealkylation sites (tertiary alicyclic amines) is 1. The van der Waals surface area contributed by atoms with Crippen molar-refractivity contribution in [3.63, 3.8) is 0 Å². The molecule has 1 saturated heterocycles. The van der Waals surface area contributed by atoms with Gasteiger partial charge in [-0.25, -0.2) is 0 Å². The number of nitrogens with one attached hydrogen (secondary N) is 1. The molecule has 1 fully saturated rings. The van der Waals surface area contributed by atoms with Crippen LogP contribution in [-0.2, 0) is 4.79 Å². The van der Waals surface area contributed by atoms with Crippen LogP contribution in [0.3, 0.4) is 0 Å². The summed E-state index contributed by atoms with van der Waals surface area (Å²) in [7, 11) is 0. The van der Waals surface area contributed by atoms with Crippen LogP contribution in [0.2, 0.25) is 5.22 Å². The zero-order valence-electron chi connectivity index (χ0n) is 13.9. The molecule has 0 saturated carbocycles. The first-order chi connectivity index (χ1) is 12.6. The SMILES string of the molecule is O=C(Nc1ccc2c(c1)OCO2)C1CCN(C(=O)c2ccc(Cl)o2)CC1. The minimum Gasteiger partial charge on any atom is -0.454 e. The number of piperidine rings is 1. The standard InChI is InChI=1S/C18H17ClN2O5/c19-16-4-3-14(26-16)18(23)21-7-5-11(6-8-21)17(22)20-12-1-2-13-15(9-12)25-10-24-13/h1-4,9,11H,5-8,10H2,(H,20,22). The van der Waals surface area contributed by atoms with E-state index in [1.54, 1.807) is 35.2 Å². The Bertz CT molecular complexity index is 842. The van der Waals surface area contributed by atoms with Crippen molar-refractivity contribution in [1.82, 2.24) is 4.90 Å². The molecule has 7 nitrogen and oxygen atoms in total. The van der Waals surface area contributed by atoms with E-state index in [2.05, 4.69) is 5.32 Å². The topological polar surface area (TPSA) is 81.0 Å². The van der Waals surface area contributed by atoms with E-state index in [-0.39, 0.29) is 35.5 Å². The van der Waals surface area contributed by atoms with E-state index in [9.17, 15) is 9.59 Å². The van der Waals surface area contributed by atoms with Crippen molar-refractivity contribution in [1.29, 1.82) is 0 Å². The third-order valence-electron chi connectivity index (χ3n) is 4.58. The Labute approximate surface area is 154 Å². The van der Waals surface area contributed by atoms with Gasteiger partial charge in [0.2, 0.25) is 12.7 Å². The second kappa shape index (κ2) is 6.92. The number of nitrogens with zero attached hydrogens (tertiary/aromatic N) is 1. The van der Waals surface area contributed by atoms with Crippen molar-refractivity contribution >= 4 is 29.1 Å². The molecule has 2 amide bonds. The molecule has 1 aromatic carbocycles. The predicted molar refractivity (Wildman–Crippen MR) is 93.5 cm³/mol. The Balaban J connectivity index is 1.33. The first-order valence-corrected chi connectivity index (χ1v) is 8.73. The minimum atomic E-state index is -0.202. The molecule has 0 bridgehead atoms. The number of carbonyl (C=O) groups excluding carboxylic acids is 2. The van der Waals surface area contributed by atoms with Gasteiger partial charge in [0.25, 0.3) is 5.91 Å². The molecule has 4 rings (SSSR count). The number of hydrogen-bond donors (Lipinski definition) is 1. The summed E-state index contributed by atoms with van der Waals surface area (Å²) in [6, 6.07) is 8.40. The smallest absolute Gasteiger partial charge is 0.289 e. The predicted octanol–water partition coefficient (Wildman–Crippen LogP) is 3.15. The summed E-state index contributed by atoms with van der Waals surface area (Å²) in [5.74, 6) is 1.11. The molecule has 2 aliphatic heterocycles. The molecule has 1 N–H and O–H groups in total. The van der Waals surface area contributed by atoms with Crippen LogP contribution < -0.4 is 14.8 Å². The molecule has 3 heterocycles. The van der Waals surface area contributed by atoms with E-state index in [0.717, 1.165) is 0 Å². The highest BCUT2D eigenvalue weighted by Gasteiger charge is 2.29. The Morgan fingerprint density at radius 2 is 1.85 bits per heavy atom. The first-order valence-electron chi connectivity index (χ1n) is 8.35. The zero-order chi connectivity index (χ0) is 18.1. The minimum absolute atomic E-state index is 0.0583. The van der Waals surface area contributed by atoms with Crippen LogP contribution in [0.1, 0.15) is 23.4 Å². The second-order valence-corrected chi connectivity index (χ2v) is 6.60. The third kappa shape index (κ3) is 3.35. The van der Waals surface area contributed by atoms with Crippen molar-refractivity contribution in [2.75, 3.05) is 25.2 Å². The monoisotopic (exact) mass is 376 g/mol. The van der Waals surface area contributed by atoms with Crippen LogP contribution in [0.25, 0.3) is 0 Å². The van der Waals surface area contributed by atoms with Crippen LogP contribution >= 0.6 is 11.6 Å². The Kier molecular flexibility index (Phi) is 4.46. The lowest BCUT2D eigenvalue weighted by Crippen LogP contribution is -2.41. The lowest BCUT2D eigenvalue weighted by molar-refractivity contribution is -0.121. The van der Waals surface area contributed by atoms with Gasteiger partial charge in [0.1, 0.15) is 0 Å². The molecule has 0 aliphatic carbocycles. The number of carbonyl (C=O) groups is 2. The lowest BCUT2D eigenvalue weighted by atomic mass is 9.95. The van der Waals surface area contributed by atoms with Gasteiger partial charge in [-0.05, 0) is 48.7 Å². The summed E-state index contributed by atoms with van der Waals surface area (Å²) in [5.41, 5.74) is 0.669. The van der Waals surface area contributed by atoms with Gasteiger partial charge < -0.3 is 24.1 Å². The fraction of sp³-hybridized carbons (Fsp3) is 0.333. The van der Waals surface area contributed by atoms with Gasteiger partial charge in [0, 0.05) is 30.8 Å². The number of hydrogen-bond acceptors (Lipinski definition) is 5. The molecule has 2 aliphatic rings. The molecular formula is C18H17ClN2O5. The number of ether oxygens (including phenoxy) is 2. The molecule has 0 radical (unpaired) electrons. The summed E-state index contributed by atoms with van der Waals surface area (Å²) < 4.78 is 15.7. The summed E-state index contributed by atoms with van der Waals surface area (Å²) in [6.45, 7) is 1.19. The van der Waals surface area contributed by atoms with Crippen LogP contribution in [-0.4, -0.2) is 36.6 Å². The Hall–Kier alpha value is -2.67. The molecule has 8 heteroatoms. The highest BCUT2D eigenvalue weighted by molar-refractivity contribution is 6.29. The second-order valence-electron chi connectivity index (χ2n) is 6.23. The number of furan rings is 1. The average molecular weight is 377 g/mol. The van der Waals surface area contributed by atoms with Crippen molar-refractivity contribution in [3.05, 3.63) is 41.3 Å². The molecule has 26 heavy (non-hydrogen) atoms. The molecule has 1 aromatic heterocycles. The first kappa shape index (κ1) is 16.8. The van der Waals surface area contributed by atoms with Gasteiger partial charge in [-0.15, -0.1) is 0 Å². The molecule has 0 atom stereocenters. The Morgan fingerprint density at radius 3 is 2.58 bits per heavy atom. The van der Waals surface area contributed by atoms with E-state index in [1.807, 2.05) is 0 Å². The largest absolute Gasteiger partial charge is 0.454 e. The van der Waals surface area contributed by atoms with Gasteiger partial charge in [-0.3, -0.25) is 9.59 Å². The number of benzene rings is 1. The molecule has 2 aromatic rings. The van der Waals surface area contributed by atoms with Crippen LogP contribution in [0, 0.1) is 5.92 Å². The number of anilines is 1. The quantitative estimate of drug-likeness (QED) is 0.889. The fourth-order valence-electron chi connectivity index (χ4n) is 3.15. The summed E-state index contributed by atoms with van der Waals surface area (Å²) in [4.78, 5) is 26.5. The normalized spacial score (nSPS) is 16.6. The maximum Gasteiger partial charge on any atom is 0.289 e. The van der Waals surface area contributed by atoms with Crippen LogP contribution in [0.4, 0.5) is 5.69 Å². The van der Waals surface area contributed by atoms with Gasteiger partial charge in [0.05, 0.1) is 0 Å². The van der Waals surface area contributed by atoms with Crippen molar-refractivity contribution in [2.24, 2.45) is 5.92 Å². The van der Waals surface area contributed by atoms with Gasteiger partial charge in [-0.1, -0.05) is 0 Å². The maximum absolute atomic E-state index is 12.5.